The van der Waals surface area contributed by atoms with Crippen LogP contribution in [0.3, 0.4) is 0 Å². The number of hydrogen-bond donors (Lipinski definition) is 8. The normalized spacial score (nSPS) is 18.7. The quantitative estimate of drug-likeness (QED) is 0.0448. The number of aliphatic hydroxyl groups excluding tert-OH is 3. The molecule has 0 aliphatic heterocycles. The molecule has 7 rings (SSSR count). The second-order valence-electron chi connectivity index (χ2n) is 17.0. The number of benzene rings is 5. The zero-order chi connectivity index (χ0) is 44.8. The number of Topliss-reactive ketones (excluding diaryl/α,β-unsaturated/α-hetero) is 1. The van der Waals surface area contributed by atoms with Crippen molar-refractivity contribution in [2.24, 2.45) is 11.8 Å². The molecule has 5 atom stereocenters. The van der Waals surface area contributed by atoms with Gasteiger partial charge in [-0.2, -0.15) is 0 Å². The van der Waals surface area contributed by atoms with Gasteiger partial charge in [-0.3, -0.25) is 4.79 Å². The molecule has 0 unspecified atom stereocenters. The highest BCUT2D eigenvalue weighted by Crippen LogP contribution is 2.47. The number of aryl methyl sites for hydroxylation is 1. The van der Waals surface area contributed by atoms with Crippen molar-refractivity contribution in [3.05, 3.63) is 147 Å². The molecule has 1 heterocycles. The van der Waals surface area contributed by atoms with Crippen LogP contribution in [-0.4, -0.2) is 81.5 Å². The van der Waals surface area contributed by atoms with Crippen molar-refractivity contribution in [2.45, 2.75) is 82.5 Å². The number of aliphatic hydroxyl groups is 3. The van der Waals surface area contributed by atoms with Gasteiger partial charge in [0.15, 0.2) is 28.8 Å². The van der Waals surface area contributed by atoms with Crippen LogP contribution in [0.2, 0.25) is 0 Å². The highest BCUT2D eigenvalue weighted by Gasteiger charge is 2.54. The second kappa shape index (κ2) is 19.7. The third-order valence-corrected chi connectivity index (χ3v) is 13.2. The van der Waals surface area contributed by atoms with Crippen molar-refractivity contribution in [1.29, 1.82) is 0 Å². The molecule has 63 heavy (non-hydrogen) atoms. The number of methoxy groups -OCH3 is 2. The number of carbonyl (C=O) groups excluding carboxylic acids is 1. The molecule has 11 nitrogen and oxygen atoms in total. The molecule has 1 fully saturated rings. The molecular formula is C52H60N2O9. The minimum Gasteiger partial charge on any atom is -0.508 e. The maximum absolute atomic E-state index is 15.6. The number of rotatable bonds is 18. The molecule has 1 aliphatic rings. The summed E-state index contributed by atoms with van der Waals surface area (Å²) in [7, 11) is 4.77. The Morgan fingerprint density at radius 1 is 0.841 bits per heavy atom. The number of ketones is 1. The molecule has 0 bridgehead atoms. The van der Waals surface area contributed by atoms with E-state index in [1.807, 2.05) is 42.7 Å². The molecule has 332 valence electrons. The zero-order valence-corrected chi connectivity index (χ0v) is 36.5. The van der Waals surface area contributed by atoms with Crippen molar-refractivity contribution in [1.82, 2.24) is 10.3 Å². The van der Waals surface area contributed by atoms with Gasteiger partial charge in [0.05, 0.1) is 31.8 Å². The van der Waals surface area contributed by atoms with Crippen LogP contribution in [0.1, 0.15) is 69.8 Å². The molecule has 1 saturated carbocycles. The topological polar surface area (TPSA) is 185 Å². The number of aromatic amines is 1. The van der Waals surface area contributed by atoms with E-state index in [-0.39, 0.29) is 54.7 Å². The lowest BCUT2D eigenvalue weighted by molar-refractivity contribution is -0.144. The van der Waals surface area contributed by atoms with Gasteiger partial charge in [0.25, 0.3) is 0 Å². The summed E-state index contributed by atoms with van der Waals surface area (Å²) in [5.41, 5.74) is 5.97. The van der Waals surface area contributed by atoms with E-state index in [2.05, 4.69) is 35.4 Å². The summed E-state index contributed by atoms with van der Waals surface area (Å²) in [4.78, 5) is 18.8. The number of fused-ring (bicyclic) bond motifs is 1. The summed E-state index contributed by atoms with van der Waals surface area (Å²) >= 11 is 0. The van der Waals surface area contributed by atoms with E-state index in [1.165, 1.54) is 26.4 Å². The lowest BCUT2D eigenvalue weighted by Gasteiger charge is -2.46. The van der Waals surface area contributed by atoms with E-state index in [1.54, 1.807) is 31.3 Å². The van der Waals surface area contributed by atoms with Crippen LogP contribution in [0.25, 0.3) is 10.8 Å². The van der Waals surface area contributed by atoms with Crippen molar-refractivity contribution in [3.8, 4) is 28.7 Å². The van der Waals surface area contributed by atoms with Crippen LogP contribution >= 0.6 is 0 Å². The number of nitrogens with one attached hydrogen (secondary N) is 2. The Kier molecular flexibility index (Phi) is 14.1. The summed E-state index contributed by atoms with van der Waals surface area (Å²) in [6.07, 6.45) is 4.18. The first-order valence-corrected chi connectivity index (χ1v) is 21.8. The van der Waals surface area contributed by atoms with Crippen LogP contribution in [-0.2, 0) is 55.3 Å². The predicted molar refractivity (Wildman–Crippen MR) is 244 cm³/mol. The van der Waals surface area contributed by atoms with Crippen LogP contribution in [0.5, 0.6) is 28.7 Å². The highest BCUT2D eigenvalue weighted by molar-refractivity contribution is 5.95. The summed E-state index contributed by atoms with van der Waals surface area (Å²) in [6.45, 7) is 2.51. The first-order valence-electron chi connectivity index (χ1n) is 21.8. The Morgan fingerprint density at radius 2 is 1.63 bits per heavy atom. The Labute approximate surface area is 369 Å². The minimum atomic E-state index is -1.59. The van der Waals surface area contributed by atoms with Gasteiger partial charge in [0, 0.05) is 43.4 Å². The van der Waals surface area contributed by atoms with E-state index < -0.39 is 29.5 Å². The summed E-state index contributed by atoms with van der Waals surface area (Å²) < 4.78 is 11.4. The zero-order valence-electron chi connectivity index (χ0n) is 36.5. The number of phenolic OH excluding ortho intramolecular Hbond substituents is 3. The third-order valence-electron chi connectivity index (χ3n) is 13.2. The number of phenols is 3. The maximum Gasteiger partial charge on any atom is 0.164 e. The molecule has 0 saturated heterocycles. The van der Waals surface area contributed by atoms with Crippen molar-refractivity contribution in [2.75, 3.05) is 27.9 Å². The molecule has 6 aromatic rings. The monoisotopic (exact) mass is 856 g/mol. The molecule has 0 radical (unpaired) electrons. The number of ether oxygens (including phenoxy) is 2. The fourth-order valence-electron chi connectivity index (χ4n) is 10.2. The highest BCUT2D eigenvalue weighted by atomic mass is 16.5. The number of H-pyrrole nitrogens is 1. The first kappa shape index (κ1) is 45.2. The lowest BCUT2D eigenvalue weighted by Crippen LogP contribution is -2.57. The Balaban J connectivity index is 1.34. The van der Waals surface area contributed by atoms with E-state index in [0.717, 1.165) is 56.1 Å². The molecule has 5 aromatic carbocycles. The van der Waals surface area contributed by atoms with Crippen LogP contribution < -0.4 is 14.8 Å². The van der Waals surface area contributed by atoms with Gasteiger partial charge in [-0.1, -0.05) is 55.5 Å². The molecular weight excluding hydrogens is 797 g/mol. The SMILES string of the molecule is CCc1ccc2cccc(CCO)c2c1Cc1c(C[C@H](Cc2cc[nH]c2)[C@H](O)[C@H]2CC[C@H](O)[C@](Cc3ccc(O)c(OC)c3)(c3cc(O)cc(CNC)c3)C2=O)ccc(O)c1OC. The second-order valence-corrected chi connectivity index (χ2v) is 17.0. The molecule has 11 heteroatoms. The minimum absolute atomic E-state index is 0.00178. The number of aromatic nitrogens is 1. The summed E-state index contributed by atoms with van der Waals surface area (Å²) in [5, 5.41) is 73.1. The molecule has 1 aromatic heterocycles. The molecule has 8 N–H and O–H groups in total. The van der Waals surface area contributed by atoms with Gasteiger partial charge in [-0.15, -0.1) is 0 Å². The number of aromatic hydroxyl groups is 3. The standard InChI is InChI=1S/C52H60N2O9/c1-5-34-10-11-35-7-6-8-36(18-20-55)48(35)42(34)27-43-37(12-15-45(58)50(43)63-4)25-38(21-32-17-19-54-30-32)49(60)41-13-16-47(59)52(51(41)61,28-31-9-14-44(57)46(24-31)62-3)39-22-33(29-53-2)23-40(56)26-39/h6-12,14-15,17,19,22-24,26,30,38,41,47,49,53-60H,5,13,16,18,20-21,25,27-29H2,1-4H3/t38-,41+,47-,49-,52-/m0/s1. The summed E-state index contributed by atoms with van der Waals surface area (Å²) in [6, 6.07) is 25.6. The van der Waals surface area contributed by atoms with Gasteiger partial charge >= 0.3 is 0 Å². The van der Waals surface area contributed by atoms with E-state index in [4.69, 9.17) is 9.47 Å². The van der Waals surface area contributed by atoms with Crippen LogP contribution in [0, 0.1) is 11.8 Å². The predicted octanol–water partition coefficient (Wildman–Crippen LogP) is 6.99. The number of hydrogen-bond acceptors (Lipinski definition) is 10. The average molecular weight is 857 g/mol. The fourth-order valence-corrected chi connectivity index (χ4v) is 10.2. The third kappa shape index (κ3) is 9.15. The number of carbonyl (C=O) groups is 1. The van der Waals surface area contributed by atoms with E-state index in [9.17, 15) is 30.6 Å². The molecule has 1 aliphatic carbocycles. The van der Waals surface area contributed by atoms with Crippen molar-refractivity contribution in [3.63, 3.8) is 0 Å². The van der Waals surface area contributed by atoms with Crippen LogP contribution in [0.4, 0.5) is 0 Å². The van der Waals surface area contributed by atoms with Crippen molar-refractivity contribution >= 4 is 16.6 Å². The van der Waals surface area contributed by atoms with Gasteiger partial charge < -0.3 is 50.4 Å². The Hall–Kier alpha value is -5.85. The average Bonchev–Trinajstić information content (AvgIpc) is 3.79. The largest absolute Gasteiger partial charge is 0.508 e. The van der Waals surface area contributed by atoms with Gasteiger partial charge in [-0.25, -0.2) is 0 Å². The molecule has 0 amide bonds. The van der Waals surface area contributed by atoms with Gasteiger partial charge in [0.2, 0.25) is 0 Å². The van der Waals surface area contributed by atoms with E-state index >= 15 is 4.79 Å². The van der Waals surface area contributed by atoms with E-state index in [0.29, 0.717) is 49.1 Å². The van der Waals surface area contributed by atoms with Gasteiger partial charge in [-0.05, 0) is 150 Å². The Bertz CT molecular complexity index is 2540. The molecule has 0 spiro atoms. The Morgan fingerprint density at radius 3 is 2.35 bits per heavy atom. The van der Waals surface area contributed by atoms with Gasteiger partial charge in [0.1, 0.15) is 5.75 Å². The lowest BCUT2D eigenvalue weighted by atomic mass is 9.58. The summed E-state index contributed by atoms with van der Waals surface area (Å²) in [5.74, 6) is -1.35. The van der Waals surface area contributed by atoms with Crippen LogP contribution in [0.15, 0.2) is 97.3 Å². The maximum atomic E-state index is 15.6. The smallest absolute Gasteiger partial charge is 0.164 e. The first-order chi connectivity index (χ1) is 30.4. The fraction of sp³-hybridized carbons (Fsp3) is 0.365. The van der Waals surface area contributed by atoms with Crippen molar-refractivity contribution < 1.29 is 44.9 Å².